The van der Waals surface area contributed by atoms with Crippen LogP contribution in [0.5, 0.6) is 5.75 Å². The number of fused-ring (bicyclic) bond motifs is 1. The molecule has 1 heterocycles. The van der Waals surface area contributed by atoms with Gasteiger partial charge in [0.1, 0.15) is 17.9 Å². The van der Waals surface area contributed by atoms with Crippen molar-refractivity contribution in [3.8, 4) is 5.75 Å². The van der Waals surface area contributed by atoms with E-state index < -0.39 is 5.41 Å². The van der Waals surface area contributed by atoms with E-state index in [1.807, 2.05) is 92.7 Å². The van der Waals surface area contributed by atoms with E-state index in [0.717, 1.165) is 22.0 Å². The molecule has 4 rings (SSSR count). The fraction of sp³-hybridized carbons (Fsp3) is 0.185. The molecule has 0 unspecified atom stereocenters. The lowest BCUT2D eigenvalue weighted by Gasteiger charge is -2.23. The number of aliphatic hydroxyl groups excluding tert-OH is 1. The Bertz CT molecular complexity index is 1240. The van der Waals surface area contributed by atoms with Crippen molar-refractivity contribution in [2.45, 2.75) is 25.9 Å². The number of ether oxygens (including phenoxy) is 1. The number of para-hydroxylation sites is 1. The van der Waals surface area contributed by atoms with Crippen LogP contribution in [0.25, 0.3) is 10.9 Å². The summed E-state index contributed by atoms with van der Waals surface area (Å²) in [4.78, 5) is 17.7. The molecule has 3 aromatic carbocycles. The van der Waals surface area contributed by atoms with Crippen molar-refractivity contribution in [2.75, 3.05) is 11.9 Å². The first-order chi connectivity index (χ1) is 15.5. The number of nitrogens with one attached hydrogen (secondary N) is 1. The Morgan fingerprint density at radius 2 is 1.75 bits per heavy atom. The Balaban J connectivity index is 1.66. The van der Waals surface area contributed by atoms with Crippen LogP contribution in [0.15, 0.2) is 85.1 Å². The van der Waals surface area contributed by atoms with Crippen molar-refractivity contribution >= 4 is 22.5 Å². The second-order valence-corrected chi connectivity index (χ2v) is 8.37. The minimum atomic E-state index is -0.408. The van der Waals surface area contributed by atoms with Gasteiger partial charge in [0.15, 0.2) is 0 Å². The molecule has 0 aliphatic carbocycles. The summed E-state index contributed by atoms with van der Waals surface area (Å²) < 4.78 is 6.16. The van der Waals surface area contributed by atoms with E-state index in [2.05, 4.69) is 10.3 Å². The molecule has 1 aromatic heterocycles. The highest BCUT2D eigenvalue weighted by Crippen LogP contribution is 2.30. The summed E-state index contributed by atoms with van der Waals surface area (Å²) in [5.74, 6) is 0.203. The lowest BCUT2D eigenvalue weighted by Crippen LogP contribution is -2.22. The summed E-state index contributed by atoms with van der Waals surface area (Å²) >= 11 is 0. The Kier molecular flexibility index (Phi) is 6.19. The zero-order valence-electron chi connectivity index (χ0n) is 18.2. The molecule has 162 valence electrons. The fourth-order valence-electron chi connectivity index (χ4n) is 3.47. The SMILES string of the molecule is CC(C)(CO)c1cccc(NC(=O)c2cnc3ccccc3c2OCc2ccccc2)c1. The maximum absolute atomic E-state index is 13.2. The predicted molar refractivity (Wildman–Crippen MR) is 127 cm³/mol. The molecule has 32 heavy (non-hydrogen) atoms. The van der Waals surface area contributed by atoms with Crippen molar-refractivity contribution in [1.82, 2.24) is 4.98 Å². The van der Waals surface area contributed by atoms with Crippen molar-refractivity contribution in [1.29, 1.82) is 0 Å². The molecule has 0 fully saturated rings. The summed E-state index contributed by atoms with van der Waals surface area (Å²) in [6.45, 7) is 4.26. The average Bonchev–Trinajstić information content (AvgIpc) is 2.83. The van der Waals surface area contributed by atoms with E-state index in [4.69, 9.17) is 4.74 Å². The Morgan fingerprint density at radius 3 is 2.53 bits per heavy atom. The number of carbonyl (C=O) groups excluding carboxylic acids is 1. The summed E-state index contributed by atoms with van der Waals surface area (Å²) in [6, 6.07) is 25.0. The number of benzene rings is 3. The lowest BCUT2D eigenvalue weighted by atomic mass is 9.85. The van der Waals surface area contributed by atoms with E-state index in [-0.39, 0.29) is 12.5 Å². The zero-order chi connectivity index (χ0) is 22.6. The molecular weight excluding hydrogens is 400 g/mol. The van der Waals surface area contributed by atoms with Crippen molar-refractivity contribution in [3.63, 3.8) is 0 Å². The van der Waals surface area contributed by atoms with Gasteiger partial charge in [0.2, 0.25) is 0 Å². The maximum Gasteiger partial charge on any atom is 0.261 e. The second kappa shape index (κ2) is 9.20. The molecule has 5 nitrogen and oxygen atoms in total. The molecule has 0 spiro atoms. The third-order valence-corrected chi connectivity index (χ3v) is 5.49. The molecule has 1 amide bonds. The summed E-state index contributed by atoms with van der Waals surface area (Å²) in [5.41, 5.74) is 3.32. The number of amides is 1. The van der Waals surface area contributed by atoms with Crippen LogP contribution in [0.1, 0.15) is 35.3 Å². The standard InChI is InChI=1S/C27H26N2O3/c1-27(2,18-30)20-11-8-12-21(15-20)29-26(31)23-16-28-24-14-7-6-13-22(24)25(23)32-17-19-9-4-3-5-10-19/h3-16,30H,17-18H2,1-2H3,(H,29,31). The van der Waals surface area contributed by atoms with Gasteiger partial charge in [-0.2, -0.15) is 0 Å². The first-order valence-corrected chi connectivity index (χ1v) is 10.6. The quantitative estimate of drug-likeness (QED) is 0.419. The number of carbonyl (C=O) groups is 1. The van der Waals surface area contributed by atoms with Crippen molar-refractivity contribution < 1.29 is 14.6 Å². The van der Waals surface area contributed by atoms with Crippen LogP contribution < -0.4 is 10.1 Å². The van der Waals surface area contributed by atoms with Gasteiger partial charge in [0, 0.05) is 22.7 Å². The molecule has 0 aliphatic heterocycles. The molecule has 0 radical (unpaired) electrons. The molecule has 0 saturated carbocycles. The van der Waals surface area contributed by atoms with Gasteiger partial charge in [-0.3, -0.25) is 9.78 Å². The molecule has 5 heteroatoms. The first kappa shape index (κ1) is 21.5. The van der Waals surface area contributed by atoms with Gasteiger partial charge in [0.05, 0.1) is 12.1 Å². The van der Waals surface area contributed by atoms with Gasteiger partial charge in [0.25, 0.3) is 5.91 Å². The third kappa shape index (κ3) is 4.63. The number of hydrogen-bond acceptors (Lipinski definition) is 4. The predicted octanol–water partition coefficient (Wildman–Crippen LogP) is 5.34. The number of rotatable bonds is 7. The van der Waals surface area contributed by atoms with Gasteiger partial charge >= 0.3 is 0 Å². The lowest BCUT2D eigenvalue weighted by molar-refractivity contribution is 0.102. The Labute approximate surface area is 187 Å². The molecular formula is C27H26N2O3. The van der Waals surface area contributed by atoms with Crippen LogP contribution in [0.3, 0.4) is 0 Å². The van der Waals surface area contributed by atoms with E-state index >= 15 is 0 Å². The van der Waals surface area contributed by atoms with Gasteiger partial charge in [-0.1, -0.05) is 68.4 Å². The highest BCUT2D eigenvalue weighted by atomic mass is 16.5. The van der Waals surface area contributed by atoms with Crippen molar-refractivity contribution in [3.05, 3.63) is 102 Å². The summed E-state index contributed by atoms with van der Waals surface area (Å²) in [5, 5.41) is 13.4. The number of aromatic nitrogens is 1. The Morgan fingerprint density at radius 1 is 1.00 bits per heavy atom. The molecule has 2 N–H and O–H groups in total. The molecule has 0 saturated heterocycles. The molecule has 0 bridgehead atoms. The van der Waals surface area contributed by atoms with Crippen molar-refractivity contribution in [2.24, 2.45) is 0 Å². The zero-order valence-corrected chi connectivity index (χ0v) is 18.2. The minimum absolute atomic E-state index is 0.0104. The Hall–Kier alpha value is -3.70. The van der Waals surface area contributed by atoms with Crippen LogP contribution in [-0.4, -0.2) is 22.6 Å². The molecule has 0 aliphatic rings. The summed E-state index contributed by atoms with van der Waals surface area (Å²) in [6.07, 6.45) is 1.56. The second-order valence-electron chi connectivity index (χ2n) is 8.37. The van der Waals surface area contributed by atoms with Gasteiger partial charge in [-0.25, -0.2) is 0 Å². The topological polar surface area (TPSA) is 71.5 Å². The van der Waals surface area contributed by atoms with E-state index in [9.17, 15) is 9.90 Å². The van der Waals surface area contributed by atoms with E-state index in [1.165, 1.54) is 0 Å². The average molecular weight is 427 g/mol. The van der Waals surface area contributed by atoms with E-state index in [0.29, 0.717) is 23.6 Å². The van der Waals surface area contributed by atoms with Crippen LogP contribution in [0.4, 0.5) is 5.69 Å². The smallest absolute Gasteiger partial charge is 0.261 e. The largest absolute Gasteiger partial charge is 0.487 e. The minimum Gasteiger partial charge on any atom is -0.487 e. The van der Waals surface area contributed by atoms with Gasteiger partial charge in [-0.15, -0.1) is 0 Å². The maximum atomic E-state index is 13.2. The number of pyridine rings is 1. The van der Waals surface area contributed by atoms with Crippen LogP contribution in [-0.2, 0) is 12.0 Å². The highest BCUT2D eigenvalue weighted by molar-refractivity contribution is 6.09. The first-order valence-electron chi connectivity index (χ1n) is 10.6. The highest BCUT2D eigenvalue weighted by Gasteiger charge is 2.21. The monoisotopic (exact) mass is 426 g/mol. The van der Waals surface area contributed by atoms with Crippen LogP contribution in [0, 0.1) is 0 Å². The fourth-order valence-corrected chi connectivity index (χ4v) is 3.47. The number of nitrogens with zero attached hydrogens (tertiary/aromatic N) is 1. The summed E-state index contributed by atoms with van der Waals surface area (Å²) in [7, 11) is 0. The molecule has 0 atom stereocenters. The van der Waals surface area contributed by atoms with E-state index in [1.54, 1.807) is 6.20 Å². The normalized spacial score (nSPS) is 11.3. The number of aliphatic hydroxyl groups is 1. The number of hydrogen-bond donors (Lipinski definition) is 2. The van der Waals surface area contributed by atoms with Crippen LogP contribution in [0.2, 0.25) is 0 Å². The van der Waals surface area contributed by atoms with Gasteiger partial charge < -0.3 is 15.2 Å². The molecule has 4 aromatic rings. The van der Waals surface area contributed by atoms with Crippen LogP contribution >= 0.6 is 0 Å². The van der Waals surface area contributed by atoms with Gasteiger partial charge in [-0.05, 0) is 35.4 Å². The number of anilines is 1. The third-order valence-electron chi connectivity index (χ3n) is 5.49.